The van der Waals surface area contributed by atoms with Gasteiger partial charge in [-0.2, -0.15) is 5.10 Å². The third-order valence-electron chi connectivity index (χ3n) is 5.58. The third kappa shape index (κ3) is 5.02. The summed E-state index contributed by atoms with van der Waals surface area (Å²) < 4.78 is 1.85. The number of nitrogens with zero attached hydrogens (tertiary/aromatic N) is 3. The smallest absolute Gasteiger partial charge is 0.247 e. The first-order valence-corrected chi connectivity index (χ1v) is 10.7. The minimum Gasteiger partial charge on any atom is -0.326 e. The predicted molar refractivity (Wildman–Crippen MR) is 120 cm³/mol. The average molecular weight is 417 g/mol. The Bertz CT molecular complexity index is 1040. The maximum Gasteiger partial charge on any atom is 0.247 e. The van der Waals surface area contributed by atoms with Gasteiger partial charge in [0, 0.05) is 37.5 Å². The van der Waals surface area contributed by atoms with Gasteiger partial charge in [0.05, 0.1) is 6.54 Å². The van der Waals surface area contributed by atoms with Gasteiger partial charge in [-0.05, 0) is 40.8 Å². The van der Waals surface area contributed by atoms with E-state index in [1.807, 2.05) is 79.3 Å². The number of hydrogen-bond donors (Lipinski definition) is 1. The molecule has 0 bridgehead atoms. The molecule has 0 saturated heterocycles. The number of nitrogens with one attached hydrogen (secondary N) is 1. The predicted octanol–water partition coefficient (Wildman–Crippen LogP) is 3.87. The van der Waals surface area contributed by atoms with Gasteiger partial charge in [-0.3, -0.25) is 14.3 Å². The first-order chi connectivity index (χ1) is 15.0. The molecule has 3 aromatic rings. The molecule has 0 saturated carbocycles. The minimum absolute atomic E-state index is 0.0271. The lowest BCUT2D eigenvalue weighted by Gasteiger charge is -2.36. The summed E-state index contributed by atoms with van der Waals surface area (Å²) in [6, 6.07) is 17.2. The molecule has 1 atom stereocenters. The molecule has 1 N–H and O–H groups in total. The summed E-state index contributed by atoms with van der Waals surface area (Å²) in [5.41, 5.74) is 4.07. The Kier molecular flexibility index (Phi) is 6.16. The van der Waals surface area contributed by atoms with E-state index in [0.29, 0.717) is 25.9 Å². The van der Waals surface area contributed by atoms with Crippen molar-refractivity contribution in [3.63, 3.8) is 0 Å². The second kappa shape index (κ2) is 9.16. The van der Waals surface area contributed by atoms with Gasteiger partial charge in [-0.15, -0.1) is 0 Å². The summed E-state index contributed by atoms with van der Waals surface area (Å²) >= 11 is 0. The Balaban J connectivity index is 1.49. The van der Waals surface area contributed by atoms with E-state index in [4.69, 9.17) is 0 Å². The van der Waals surface area contributed by atoms with Crippen molar-refractivity contribution in [1.29, 1.82) is 0 Å². The van der Waals surface area contributed by atoms with Crippen LogP contribution in [0.3, 0.4) is 0 Å². The maximum absolute atomic E-state index is 13.2. The van der Waals surface area contributed by atoms with Crippen molar-refractivity contribution < 1.29 is 9.59 Å². The second-order valence-electron chi connectivity index (χ2n) is 8.50. The lowest BCUT2D eigenvalue weighted by molar-refractivity contribution is -0.140. The van der Waals surface area contributed by atoms with Crippen LogP contribution in [0.4, 0.5) is 5.69 Å². The molecule has 1 aliphatic rings. The Morgan fingerprint density at radius 2 is 1.81 bits per heavy atom. The molecular formula is C25H28N4O2. The molecule has 0 fully saturated rings. The third-order valence-corrected chi connectivity index (χ3v) is 5.58. The standard InChI is InChI=1S/C25H28N4O2/c1-18(2)14-24(30)29-17-21-7-4-3-6-20(21)15-23(29)25(31)27-22-10-8-19(9-11-22)16-28-13-5-12-26-28/h3-13,18,23H,14-17H2,1-2H3,(H,27,31). The highest BCUT2D eigenvalue weighted by Crippen LogP contribution is 2.26. The van der Waals surface area contributed by atoms with Gasteiger partial charge < -0.3 is 10.2 Å². The number of hydrogen-bond acceptors (Lipinski definition) is 3. The summed E-state index contributed by atoms with van der Waals surface area (Å²) in [5, 5.41) is 7.23. The van der Waals surface area contributed by atoms with Crippen LogP contribution in [-0.4, -0.2) is 32.5 Å². The van der Waals surface area contributed by atoms with Crippen LogP contribution in [0.5, 0.6) is 0 Å². The Labute approximate surface area is 182 Å². The van der Waals surface area contributed by atoms with Gasteiger partial charge in [0.25, 0.3) is 0 Å². The minimum atomic E-state index is -0.509. The van der Waals surface area contributed by atoms with Crippen molar-refractivity contribution >= 4 is 17.5 Å². The van der Waals surface area contributed by atoms with E-state index in [9.17, 15) is 9.59 Å². The van der Waals surface area contributed by atoms with Crippen LogP contribution in [-0.2, 0) is 29.1 Å². The second-order valence-corrected chi connectivity index (χ2v) is 8.50. The van der Waals surface area contributed by atoms with Crippen molar-refractivity contribution in [2.75, 3.05) is 5.32 Å². The topological polar surface area (TPSA) is 67.2 Å². The van der Waals surface area contributed by atoms with Crippen LogP contribution in [0.15, 0.2) is 67.0 Å². The fraction of sp³-hybridized carbons (Fsp3) is 0.320. The molecule has 0 spiro atoms. The number of carbonyl (C=O) groups is 2. The van der Waals surface area contributed by atoms with Gasteiger partial charge in [0.1, 0.15) is 6.04 Å². The number of benzene rings is 2. The van der Waals surface area contributed by atoms with Crippen molar-refractivity contribution in [2.45, 2.75) is 45.8 Å². The van der Waals surface area contributed by atoms with Gasteiger partial charge in [0.2, 0.25) is 11.8 Å². The maximum atomic E-state index is 13.2. The van der Waals surface area contributed by atoms with Crippen LogP contribution in [0.2, 0.25) is 0 Å². The van der Waals surface area contributed by atoms with Gasteiger partial charge in [-0.1, -0.05) is 50.2 Å². The zero-order valence-corrected chi connectivity index (χ0v) is 18.0. The van der Waals surface area contributed by atoms with Gasteiger partial charge in [0.15, 0.2) is 0 Å². The molecule has 0 radical (unpaired) electrons. The molecule has 1 aliphatic heterocycles. The highest BCUT2D eigenvalue weighted by atomic mass is 16.2. The Hall–Kier alpha value is -3.41. The Morgan fingerprint density at radius 1 is 1.06 bits per heavy atom. The Morgan fingerprint density at radius 3 is 2.48 bits per heavy atom. The van der Waals surface area contributed by atoms with E-state index < -0.39 is 6.04 Å². The van der Waals surface area contributed by atoms with Gasteiger partial charge in [-0.25, -0.2) is 0 Å². The molecule has 2 amide bonds. The van der Waals surface area contributed by atoms with Crippen molar-refractivity contribution in [3.05, 3.63) is 83.7 Å². The van der Waals surface area contributed by atoms with Crippen LogP contribution >= 0.6 is 0 Å². The van der Waals surface area contributed by atoms with Crippen molar-refractivity contribution in [2.24, 2.45) is 5.92 Å². The van der Waals surface area contributed by atoms with E-state index >= 15 is 0 Å². The summed E-state index contributed by atoms with van der Waals surface area (Å²) in [5.74, 6) is 0.126. The summed E-state index contributed by atoms with van der Waals surface area (Å²) in [6.07, 6.45) is 4.64. The normalized spacial score (nSPS) is 15.6. The summed E-state index contributed by atoms with van der Waals surface area (Å²) in [4.78, 5) is 27.9. The van der Waals surface area contributed by atoms with E-state index in [2.05, 4.69) is 10.4 Å². The molecule has 1 unspecified atom stereocenters. The average Bonchev–Trinajstić information content (AvgIpc) is 3.26. The molecule has 6 heteroatoms. The highest BCUT2D eigenvalue weighted by Gasteiger charge is 2.34. The first kappa shape index (κ1) is 20.8. The number of carbonyl (C=O) groups excluding carboxylic acids is 2. The van der Waals surface area contributed by atoms with E-state index in [1.165, 1.54) is 0 Å². The zero-order valence-electron chi connectivity index (χ0n) is 18.0. The highest BCUT2D eigenvalue weighted by molar-refractivity contribution is 5.97. The monoisotopic (exact) mass is 416 g/mol. The first-order valence-electron chi connectivity index (χ1n) is 10.7. The quantitative estimate of drug-likeness (QED) is 0.663. The number of fused-ring (bicyclic) bond motifs is 1. The SMILES string of the molecule is CC(C)CC(=O)N1Cc2ccccc2CC1C(=O)Nc1ccc(Cn2cccn2)cc1. The van der Waals surface area contributed by atoms with Crippen LogP contribution in [0.25, 0.3) is 0 Å². The lowest BCUT2D eigenvalue weighted by atomic mass is 9.92. The van der Waals surface area contributed by atoms with E-state index in [1.54, 1.807) is 11.1 Å². The molecular weight excluding hydrogens is 388 g/mol. The molecule has 6 nitrogen and oxygen atoms in total. The van der Waals surface area contributed by atoms with E-state index in [-0.39, 0.29) is 17.7 Å². The van der Waals surface area contributed by atoms with Gasteiger partial charge >= 0.3 is 0 Å². The number of anilines is 1. The van der Waals surface area contributed by atoms with Crippen LogP contribution < -0.4 is 5.32 Å². The fourth-order valence-corrected chi connectivity index (χ4v) is 3.99. The zero-order chi connectivity index (χ0) is 21.8. The molecule has 160 valence electrons. The van der Waals surface area contributed by atoms with Crippen molar-refractivity contribution in [3.8, 4) is 0 Å². The molecule has 4 rings (SSSR count). The summed E-state index contributed by atoms with van der Waals surface area (Å²) in [7, 11) is 0. The molecule has 2 heterocycles. The number of rotatable bonds is 6. The fourth-order valence-electron chi connectivity index (χ4n) is 3.99. The number of aromatic nitrogens is 2. The molecule has 0 aliphatic carbocycles. The molecule has 31 heavy (non-hydrogen) atoms. The lowest BCUT2D eigenvalue weighted by Crippen LogP contribution is -2.50. The van der Waals surface area contributed by atoms with Crippen LogP contribution in [0.1, 0.15) is 37.0 Å². The summed E-state index contributed by atoms with van der Waals surface area (Å²) in [6.45, 7) is 5.20. The molecule has 2 aromatic carbocycles. The largest absolute Gasteiger partial charge is 0.326 e. The molecule has 1 aromatic heterocycles. The van der Waals surface area contributed by atoms with E-state index in [0.717, 1.165) is 22.4 Å². The van der Waals surface area contributed by atoms with Crippen molar-refractivity contribution in [1.82, 2.24) is 14.7 Å². The number of amides is 2. The van der Waals surface area contributed by atoms with Crippen LogP contribution in [0, 0.1) is 5.92 Å².